The van der Waals surface area contributed by atoms with Crippen molar-refractivity contribution in [2.45, 2.75) is 30.4 Å². The van der Waals surface area contributed by atoms with Crippen molar-refractivity contribution in [2.75, 3.05) is 15.8 Å². The number of thioether (sulfide) groups is 1. The van der Waals surface area contributed by atoms with E-state index < -0.39 is 10.0 Å². The number of carbonyl (C=O) groups is 1. The van der Waals surface area contributed by atoms with Gasteiger partial charge in [-0.05, 0) is 36.4 Å². The number of rotatable bonds is 6. The standard InChI is InChI=1S/C21H22N4O3S2/c1-14(2)20(26)22-16-7-9-18(10-8-16)30(27,28)24-17-5-3-15(4-6-17)19-13-25-11-12-29-21(25)23-19/h3-10,13-14,24H,11-12H2,1-2H3,(H,22,26). The van der Waals surface area contributed by atoms with Gasteiger partial charge < -0.3 is 9.88 Å². The van der Waals surface area contributed by atoms with Gasteiger partial charge in [0.05, 0.1) is 10.6 Å². The number of amides is 1. The number of carbonyl (C=O) groups excluding carboxylic acids is 1. The number of imidazole rings is 1. The zero-order valence-electron chi connectivity index (χ0n) is 16.6. The van der Waals surface area contributed by atoms with Crippen LogP contribution in [0.15, 0.2) is 64.8 Å². The highest BCUT2D eigenvalue weighted by Crippen LogP contribution is 2.29. The fourth-order valence-electron chi connectivity index (χ4n) is 2.98. The van der Waals surface area contributed by atoms with Gasteiger partial charge in [0.2, 0.25) is 5.91 Å². The third kappa shape index (κ3) is 4.36. The second kappa shape index (κ2) is 8.16. The molecule has 7 nitrogen and oxygen atoms in total. The quantitative estimate of drug-likeness (QED) is 0.601. The highest BCUT2D eigenvalue weighted by atomic mass is 32.2. The second-order valence-electron chi connectivity index (χ2n) is 7.30. The van der Waals surface area contributed by atoms with E-state index in [9.17, 15) is 13.2 Å². The van der Waals surface area contributed by atoms with Gasteiger partial charge in [-0.1, -0.05) is 37.7 Å². The number of hydrogen-bond acceptors (Lipinski definition) is 5. The Kier molecular flexibility index (Phi) is 5.57. The Morgan fingerprint density at radius 3 is 2.37 bits per heavy atom. The molecule has 1 aromatic heterocycles. The second-order valence-corrected chi connectivity index (χ2v) is 10.0. The van der Waals surface area contributed by atoms with Gasteiger partial charge in [-0.3, -0.25) is 9.52 Å². The Morgan fingerprint density at radius 1 is 1.07 bits per heavy atom. The molecular formula is C21H22N4O3S2. The van der Waals surface area contributed by atoms with Gasteiger partial charge in [0.1, 0.15) is 0 Å². The molecular weight excluding hydrogens is 420 g/mol. The van der Waals surface area contributed by atoms with Crippen molar-refractivity contribution in [2.24, 2.45) is 5.92 Å². The molecule has 0 radical (unpaired) electrons. The fraction of sp³-hybridized carbons (Fsp3) is 0.238. The predicted octanol–water partition coefficient (Wildman–Crippen LogP) is 4.05. The lowest BCUT2D eigenvalue weighted by Crippen LogP contribution is -2.18. The average molecular weight is 443 g/mol. The third-order valence-electron chi connectivity index (χ3n) is 4.69. The minimum atomic E-state index is -3.74. The first kappa shape index (κ1) is 20.5. The topological polar surface area (TPSA) is 93.1 Å². The van der Waals surface area contributed by atoms with Crippen molar-refractivity contribution >= 4 is 39.1 Å². The molecule has 0 saturated heterocycles. The fourth-order valence-corrected chi connectivity index (χ4v) is 4.98. The molecule has 0 atom stereocenters. The van der Waals surface area contributed by atoms with Gasteiger partial charge in [0.25, 0.3) is 10.0 Å². The summed E-state index contributed by atoms with van der Waals surface area (Å²) in [6.45, 7) is 4.55. The summed E-state index contributed by atoms with van der Waals surface area (Å²) < 4.78 is 30.1. The summed E-state index contributed by atoms with van der Waals surface area (Å²) in [6, 6.07) is 13.2. The molecule has 0 saturated carbocycles. The van der Waals surface area contributed by atoms with E-state index in [1.165, 1.54) is 12.1 Å². The van der Waals surface area contributed by atoms with Gasteiger partial charge in [0.15, 0.2) is 5.16 Å². The number of sulfonamides is 1. The molecule has 0 bridgehead atoms. The molecule has 0 spiro atoms. The van der Waals surface area contributed by atoms with E-state index >= 15 is 0 Å². The number of benzene rings is 2. The van der Waals surface area contributed by atoms with Crippen molar-refractivity contribution < 1.29 is 13.2 Å². The maximum Gasteiger partial charge on any atom is 0.261 e. The monoisotopic (exact) mass is 442 g/mol. The Labute approximate surface area is 180 Å². The van der Waals surface area contributed by atoms with Crippen LogP contribution < -0.4 is 10.0 Å². The SMILES string of the molecule is CC(C)C(=O)Nc1ccc(S(=O)(=O)Nc2ccc(-c3cn4c(n3)SCC4)cc2)cc1. The summed E-state index contributed by atoms with van der Waals surface area (Å²) in [5.41, 5.74) is 2.84. The van der Waals surface area contributed by atoms with Gasteiger partial charge in [-0.15, -0.1) is 0 Å². The molecule has 4 rings (SSSR count). The zero-order valence-corrected chi connectivity index (χ0v) is 18.3. The number of aryl methyl sites for hydroxylation is 1. The van der Waals surface area contributed by atoms with Gasteiger partial charge >= 0.3 is 0 Å². The van der Waals surface area contributed by atoms with Crippen LogP contribution in [0.2, 0.25) is 0 Å². The van der Waals surface area contributed by atoms with Crippen LogP contribution in [0.4, 0.5) is 11.4 Å². The number of nitrogens with zero attached hydrogens (tertiary/aromatic N) is 2. The van der Waals surface area contributed by atoms with Crippen LogP contribution in [-0.4, -0.2) is 29.6 Å². The van der Waals surface area contributed by atoms with E-state index in [0.29, 0.717) is 11.4 Å². The van der Waals surface area contributed by atoms with E-state index in [2.05, 4.69) is 19.6 Å². The number of hydrogen-bond donors (Lipinski definition) is 2. The lowest BCUT2D eigenvalue weighted by atomic mass is 10.1. The predicted molar refractivity (Wildman–Crippen MR) is 119 cm³/mol. The van der Waals surface area contributed by atoms with Crippen molar-refractivity contribution in [3.8, 4) is 11.3 Å². The third-order valence-corrected chi connectivity index (χ3v) is 7.06. The van der Waals surface area contributed by atoms with E-state index in [1.807, 2.05) is 18.3 Å². The number of aromatic nitrogens is 2. The molecule has 2 aromatic carbocycles. The van der Waals surface area contributed by atoms with Crippen molar-refractivity contribution in [1.29, 1.82) is 0 Å². The summed E-state index contributed by atoms with van der Waals surface area (Å²) in [4.78, 5) is 16.5. The number of fused-ring (bicyclic) bond motifs is 1. The van der Waals surface area contributed by atoms with Gasteiger partial charge in [-0.25, -0.2) is 13.4 Å². The smallest absolute Gasteiger partial charge is 0.261 e. The highest BCUT2D eigenvalue weighted by molar-refractivity contribution is 7.99. The van der Waals surface area contributed by atoms with E-state index in [0.717, 1.165) is 28.7 Å². The van der Waals surface area contributed by atoms with E-state index in [4.69, 9.17) is 0 Å². The molecule has 0 fully saturated rings. The van der Waals surface area contributed by atoms with Crippen LogP contribution in [-0.2, 0) is 21.4 Å². The molecule has 30 heavy (non-hydrogen) atoms. The van der Waals surface area contributed by atoms with Crippen LogP contribution in [0.1, 0.15) is 13.8 Å². The Balaban J connectivity index is 1.45. The van der Waals surface area contributed by atoms with Crippen molar-refractivity contribution in [1.82, 2.24) is 9.55 Å². The molecule has 2 heterocycles. The Bertz CT molecular complexity index is 1150. The van der Waals surface area contributed by atoms with E-state index in [-0.39, 0.29) is 16.7 Å². The van der Waals surface area contributed by atoms with E-state index in [1.54, 1.807) is 49.9 Å². The van der Waals surface area contributed by atoms with Crippen molar-refractivity contribution in [3.05, 3.63) is 54.7 Å². The maximum absolute atomic E-state index is 12.7. The molecule has 1 aliphatic heterocycles. The minimum absolute atomic E-state index is 0.120. The van der Waals surface area contributed by atoms with Crippen LogP contribution in [0, 0.1) is 5.92 Å². The summed E-state index contributed by atoms with van der Waals surface area (Å²) >= 11 is 1.73. The molecule has 0 aliphatic carbocycles. The number of nitrogens with one attached hydrogen (secondary N) is 2. The van der Waals surface area contributed by atoms with Gasteiger partial charge in [0, 0.05) is 41.4 Å². The van der Waals surface area contributed by atoms with Crippen molar-refractivity contribution in [3.63, 3.8) is 0 Å². The zero-order chi connectivity index (χ0) is 21.3. The summed E-state index contributed by atoms with van der Waals surface area (Å²) in [6.07, 6.45) is 2.02. The summed E-state index contributed by atoms with van der Waals surface area (Å²) in [5, 5.41) is 3.76. The van der Waals surface area contributed by atoms with Crippen LogP contribution in [0.25, 0.3) is 11.3 Å². The van der Waals surface area contributed by atoms with Crippen LogP contribution in [0.3, 0.4) is 0 Å². The molecule has 9 heteroatoms. The van der Waals surface area contributed by atoms with Crippen LogP contribution in [0.5, 0.6) is 0 Å². The first-order valence-electron chi connectivity index (χ1n) is 9.56. The normalized spacial score (nSPS) is 13.3. The first-order chi connectivity index (χ1) is 14.3. The molecule has 1 aliphatic rings. The molecule has 0 unspecified atom stereocenters. The average Bonchev–Trinajstić information content (AvgIpc) is 3.31. The molecule has 1 amide bonds. The molecule has 156 valence electrons. The van der Waals surface area contributed by atoms with Crippen LogP contribution >= 0.6 is 11.8 Å². The largest absolute Gasteiger partial charge is 0.326 e. The van der Waals surface area contributed by atoms with Gasteiger partial charge in [-0.2, -0.15) is 0 Å². The highest BCUT2D eigenvalue weighted by Gasteiger charge is 2.17. The number of anilines is 2. The Hall–Kier alpha value is -2.78. The maximum atomic E-state index is 12.7. The summed E-state index contributed by atoms with van der Waals surface area (Å²) in [7, 11) is -3.74. The first-order valence-corrected chi connectivity index (χ1v) is 12.0. The minimum Gasteiger partial charge on any atom is -0.326 e. The molecule has 3 aromatic rings. The Morgan fingerprint density at radius 2 is 1.73 bits per heavy atom. The molecule has 2 N–H and O–H groups in total. The lowest BCUT2D eigenvalue weighted by molar-refractivity contribution is -0.118. The summed E-state index contributed by atoms with van der Waals surface area (Å²) in [5.74, 6) is 0.777. The lowest BCUT2D eigenvalue weighted by Gasteiger charge is -2.11.